The van der Waals surface area contributed by atoms with Gasteiger partial charge >= 0.3 is 0 Å². The summed E-state index contributed by atoms with van der Waals surface area (Å²) in [6, 6.07) is 8.98. The molecule has 0 fully saturated rings. The van der Waals surface area contributed by atoms with Crippen LogP contribution in [0.4, 0.5) is 10.1 Å². The Bertz CT molecular complexity index is 606. The van der Waals surface area contributed by atoms with Crippen LogP contribution < -0.4 is 5.32 Å². The molecule has 0 radical (unpaired) electrons. The van der Waals surface area contributed by atoms with E-state index in [1.807, 2.05) is 0 Å². The van der Waals surface area contributed by atoms with E-state index in [0.29, 0.717) is 11.3 Å². The Labute approximate surface area is 109 Å². The fraction of sp³-hybridized carbons (Fsp3) is 0.0714. The molecule has 1 aromatic heterocycles. The van der Waals surface area contributed by atoms with Gasteiger partial charge in [0.25, 0.3) is 5.91 Å². The molecule has 4 nitrogen and oxygen atoms in total. The van der Waals surface area contributed by atoms with E-state index in [2.05, 4.69) is 10.3 Å². The van der Waals surface area contributed by atoms with Gasteiger partial charge in [0.15, 0.2) is 5.78 Å². The van der Waals surface area contributed by atoms with Gasteiger partial charge in [-0.1, -0.05) is 0 Å². The van der Waals surface area contributed by atoms with Gasteiger partial charge in [-0.05, 0) is 43.3 Å². The smallest absolute Gasteiger partial charge is 0.257 e. The van der Waals surface area contributed by atoms with E-state index in [-0.39, 0.29) is 17.3 Å². The van der Waals surface area contributed by atoms with Crippen LogP contribution in [0.3, 0.4) is 0 Å². The molecule has 0 aliphatic rings. The lowest BCUT2D eigenvalue weighted by atomic mass is 10.1. The molecule has 1 heterocycles. The molecule has 0 saturated carbocycles. The van der Waals surface area contributed by atoms with Crippen molar-refractivity contribution in [3.63, 3.8) is 0 Å². The summed E-state index contributed by atoms with van der Waals surface area (Å²) in [7, 11) is 0. The number of hydrogen-bond acceptors (Lipinski definition) is 3. The fourth-order valence-electron chi connectivity index (χ4n) is 1.50. The van der Waals surface area contributed by atoms with Crippen LogP contribution in [0.25, 0.3) is 0 Å². The minimum absolute atomic E-state index is 0.0411. The molecule has 5 heteroatoms. The molecule has 1 amide bonds. The third kappa shape index (κ3) is 3.22. The topological polar surface area (TPSA) is 59.1 Å². The molecule has 0 saturated heterocycles. The summed E-state index contributed by atoms with van der Waals surface area (Å²) in [6.45, 7) is 1.47. The predicted molar refractivity (Wildman–Crippen MR) is 68.6 cm³/mol. The average molecular weight is 258 g/mol. The van der Waals surface area contributed by atoms with E-state index < -0.39 is 5.95 Å². The zero-order valence-electron chi connectivity index (χ0n) is 10.2. The molecule has 96 valence electrons. The van der Waals surface area contributed by atoms with Crippen LogP contribution in [-0.2, 0) is 0 Å². The molecule has 1 N–H and O–H groups in total. The van der Waals surface area contributed by atoms with Gasteiger partial charge in [-0.3, -0.25) is 9.59 Å². The van der Waals surface area contributed by atoms with E-state index in [1.54, 1.807) is 24.3 Å². The van der Waals surface area contributed by atoms with Crippen LogP contribution in [0, 0.1) is 5.95 Å². The monoisotopic (exact) mass is 258 g/mol. The molecule has 2 rings (SSSR count). The maximum Gasteiger partial charge on any atom is 0.257 e. The molecule has 19 heavy (non-hydrogen) atoms. The summed E-state index contributed by atoms with van der Waals surface area (Å²) in [5.41, 5.74) is 1.39. The minimum atomic E-state index is -0.637. The SMILES string of the molecule is CC(=O)c1ccc(NC(=O)c2ccc(F)nc2)cc1. The molecule has 0 aliphatic heterocycles. The maximum absolute atomic E-state index is 12.6. The van der Waals surface area contributed by atoms with Gasteiger partial charge in [0, 0.05) is 17.4 Å². The van der Waals surface area contributed by atoms with Crippen molar-refractivity contribution in [3.8, 4) is 0 Å². The average Bonchev–Trinajstić information content (AvgIpc) is 2.40. The number of hydrogen-bond donors (Lipinski definition) is 1. The van der Waals surface area contributed by atoms with Crippen molar-refractivity contribution in [2.24, 2.45) is 0 Å². The highest BCUT2D eigenvalue weighted by molar-refractivity contribution is 6.04. The van der Waals surface area contributed by atoms with Crippen LogP contribution in [0.15, 0.2) is 42.6 Å². The number of nitrogens with one attached hydrogen (secondary N) is 1. The second-order valence-electron chi connectivity index (χ2n) is 3.96. The first-order valence-electron chi connectivity index (χ1n) is 5.60. The minimum Gasteiger partial charge on any atom is -0.322 e. The molecular weight excluding hydrogens is 247 g/mol. The van der Waals surface area contributed by atoms with Crippen LogP contribution in [0.2, 0.25) is 0 Å². The first-order chi connectivity index (χ1) is 9.06. The Morgan fingerprint density at radius 2 is 1.68 bits per heavy atom. The summed E-state index contributed by atoms with van der Waals surface area (Å²) in [5.74, 6) is -1.06. The Balaban J connectivity index is 2.10. The predicted octanol–water partition coefficient (Wildman–Crippen LogP) is 2.68. The number of nitrogens with zero attached hydrogens (tertiary/aromatic N) is 1. The maximum atomic E-state index is 12.6. The van der Waals surface area contributed by atoms with E-state index >= 15 is 0 Å². The molecule has 1 aromatic carbocycles. The van der Waals surface area contributed by atoms with Crippen molar-refractivity contribution >= 4 is 17.4 Å². The van der Waals surface area contributed by atoms with Gasteiger partial charge in [-0.15, -0.1) is 0 Å². The first kappa shape index (κ1) is 12.9. The van der Waals surface area contributed by atoms with Gasteiger partial charge in [0.1, 0.15) is 0 Å². The zero-order valence-corrected chi connectivity index (χ0v) is 10.2. The van der Waals surface area contributed by atoms with Gasteiger partial charge < -0.3 is 5.32 Å². The van der Waals surface area contributed by atoms with Crippen molar-refractivity contribution in [2.75, 3.05) is 5.32 Å². The van der Waals surface area contributed by atoms with Crippen molar-refractivity contribution in [2.45, 2.75) is 6.92 Å². The Hall–Kier alpha value is -2.56. The largest absolute Gasteiger partial charge is 0.322 e. The van der Waals surface area contributed by atoms with Gasteiger partial charge in [-0.2, -0.15) is 4.39 Å². The zero-order chi connectivity index (χ0) is 13.8. The summed E-state index contributed by atoms with van der Waals surface area (Å²) in [5, 5.41) is 2.63. The second-order valence-corrected chi connectivity index (χ2v) is 3.96. The molecule has 0 unspecified atom stereocenters. The van der Waals surface area contributed by atoms with E-state index in [4.69, 9.17) is 0 Å². The number of ketones is 1. The molecule has 0 spiro atoms. The van der Waals surface area contributed by atoms with Gasteiger partial charge in [0.2, 0.25) is 5.95 Å². The molecule has 0 aliphatic carbocycles. The van der Waals surface area contributed by atoms with Crippen molar-refractivity contribution in [1.29, 1.82) is 0 Å². The summed E-state index contributed by atoms with van der Waals surface area (Å²) >= 11 is 0. The number of rotatable bonds is 3. The van der Waals surface area contributed by atoms with Crippen molar-refractivity contribution in [1.82, 2.24) is 4.98 Å². The van der Waals surface area contributed by atoms with E-state index in [0.717, 1.165) is 12.3 Å². The second kappa shape index (κ2) is 5.39. The van der Waals surface area contributed by atoms with Gasteiger partial charge in [0.05, 0.1) is 5.56 Å². The number of halogens is 1. The number of amides is 1. The van der Waals surface area contributed by atoms with Crippen LogP contribution in [0.5, 0.6) is 0 Å². The third-order valence-electron chi connectivity index (χ3n) is 2.54. The van der Waals surface area contributed by atoms with Gasteiger partial charge in [-0.25, -0.2) is 4.98 Å². The number of anilines is 1. The summed E-state index contributed by atoms with van der Waals surface area (Å²) in [4.78, 5) is 26.3. The van der Waals surface area contributed by atoms with Crippen LogP contribution >= 0.6 is 0 Å². The molecular formula is C14H11FN2O2. The lowest BCUT2D eigenvalue weighted by molar-refractivity contribution is 0.101. The Morgan fingerprint density at radius 3 is 2.21 bits per heavy atom. The third-order valence-corrected chi connectivity index (χ3v) is 2.54. The number of carbonyl (C=O) groups is 2. The standard InChI is InChI=1S/C14H11FN2O2/c1-9(18)10-2-5-12(6-3-10)17-14(19)11-4-7-13(15)16-8-11/h2-8H,1H3,(H,17,19). The van der Waals surface area contributed by atoms with Crippen molar-refractivity contribution in [3.05, 3.63) is 59.7 Å². The molecule has 0 bridgehead atoms. The first-order valence-corrected chi connectivity index (χ1v) is 5.60. The number of pyridine rings is 1. The molecule has 0 atom stereocenters. The van der Waals surface area contributed by atoms with Crippen LogP contribution in [0.1, 0.15) is 27.6 Å². The molecule has 2 aromatic rings. The number of benzene rings is 1. The quantitative estimate of drug-likeness (QED) is 0.680. The lowest BCUT2D eigenvalue weighted by Gasteiger charge is -2.05. The van der Waals surface area contributed by atoms with E-state index in [1.165, 1.54) is 13.0 Å². The number of Topliss-reactive ketones (excluding diaryl/α,β-unsaturated/α-hetero) is 1. The van der Waals surface area contributed by atoms with E-state index in [9.17, 15) is 14.0 Å². The number of aromatic nitrogens is 1. The summed E-state index contributed by atoms with van der Waals surface area (Å²) in [6.07, 6.45) is 1.16. The highest BCUT2D eigenvalue weighted by atomic mass is 19.1. The fourth-order valence-corrected chi connectivity index (χ4v) is 1.50. The Morgan fingerprint density at radius 1 is 1.05 bits per heavy atom. The Kier molecular flexibility index (Phi) is 3.66. The van der Waals surface area contributed by atoms with Crippen LogP contribution in [-0.4, -0.2) is 16.7 Å². The highest BCUT2D eigenvalue weighted by Gasteiger charge is 2.07. The lowest BCUT2D eigenvalue weighted by Crippen LogP contribution is -2.12. The summed E-state index contributed by atoms with van der Waals surface area (Å²) < 4.78 is 12.6. The normalized spacial score (nSPS) is 10.0. The number of carbonyl (C=O) groups excluding carboxylic acids is 2. The van der Waals surface area contributed by atoms with Crippen molar-refractivity contribution < 1.29 is 14.0 Å². The highest BCUT2D eigenvalue weighted by Crippen LogP contribution is 2.11.